The zero-order valence-corrected chi connectivity index (χ0v) is 16.8. The Balaban J connectivity index is 1.53. The zero-order chi connectivity index (χ0) is 20.1. The van der Waals surface area contributed by atoms with Gasteiger partial charge in [-0.15, -0.1) is 0 Å². The van der Waals surface area contributed by atoms with Gasteiger partial charge in [-0.25, -0.2) is 13.6 Å². The Morgan fingerprint density at radius 3 is 2.39 bits per heavy atom. The Labute approximate surface area is 169 Å². The number of nitrogens with two attached hydrogens (primary N) is 1. The normalized spacial score (nSPS) is 15.4. The van der Waals surface area contributed by atoms with Crippen LogP contribution in [0.1, 0.15) is 10.4 Å². The van der Waals surface area contributed by atoms with Gasteiger partial charge in [0.05, 0.1) is 5.02 Å². The Kier molecular flexibility index (Phi) is 6.56. The first-order valence-electron chi connectivity index (χ1n) is 8.86. The molecule has 2 aromatic rings. The van der Waals surface area contributed by atoms with Crippen molar-refractivity contribution in [2.24, 2.45) is 5.14 Å². The second kappa shape index (κ2) is 8.91. The lowest BCUT2D eigenvalue weighted by Gasteiger charge is -2.34. The Morgan fingerprint density at radius 1 is 1.07 bits per heavy atom. The van der Waals surface area contributed by atoms with Gasteiger partial charge in [-0.1, -0.05) is 29.8 Å². The number of nitrogens with zero attached hydrogens (tertiary/aromatic N) is 2. The molecule has 150 valence electrons. The molecule has 1 saturated heterocycles. The van der Waals surface area contributed by atoms with Gasteiger partial charge in [-0.3, -0.25) is 9.69 Å². The zero-order valence-electron chi connectivity index (χ0n) is 15.3. The molecule has 0 unspecified atom stereocenters. The minimum atomic E-state index is -3.99. The number of hydrogen-bond donors (Lipinski definition) is 1. The molecule has 0 atom stereocenters. The van der Waals surface area contributed by atoms with Crippen molar-refractivity contribution in [3.8, 4) is 5.75 Å². The van der Waals surface area contributed by atoms with Gasteiger partial charge in [0.1, 0.15) is 17.3 Å². The van der Waals surface area contributed by atoms with Crippen LogP contribution < -0.4 is 9.88 Å². The first kappa shape index (κ1) is 20.6. The predicted octanol–water partition coefficient (Wildman–Crippen LogP) is 1.82. The van der Waals surface area contributed by atoms with E-state index in [2.05, 4.69) is 4.90 Å². The molecule has 2 aromatic carbocycles. The maximum Gasteiger partial charge on any atom is 0.253 e. The number of rotatable bonds is 6. The number of carbonyl (C=O) groups excluding carboxylic acids is 1. The van der Waals surface area contributed by atoms with Crippen molar-refractivity contribution in [2.45, 2.75) is 4.90 Å². The van der Waals surface area contributed by atoms with Crippen molar-refractivity contribution < 1.29 is 17.9 Å². The highest BCUT2D eigenvalue weighted by molar-refractivity contribution is 7.89. The molecular weight excluding hydrogens is 402 g/mol. The monoisotopic (exact) mass is 423 g/mol. The Morgan fingerprint density at radius 2 is 1.75 bits per heavy atom. The van der Waals surface area contributed by atoms with E-state index in [1.54, 1.807) is 4.90 Å². The molecule has 1 heterocycles. The third-order valence-corrected chi connectivity index (χ3v) is 5.96. The summed E-state index contributed by atoms with van der Waals surface area (Å²) < 4.78 is 28.9. The molecule has 1 aliphatic rings. The molecular formula is C19H22ClN3O4S. The second-order valence-electron chi connectivity index (χ2n) is 6.49. The molecule has 0 spiro atoms. The van der Waals surface area contributed by atoms with Gasteiger partial charge in [0, 0.05) is 38.3 Å². The highest BCUT2D eigenvalue weighted by atomic mass is 35.5. The van der Waals surface area contributed by atoms with Crippen LogP contribution in [0.3, 0.4) is 0 Å². The van der Waals surface area contributed by atoms with E-state index >= 15 is 0 Å². The molecule has 3 rings (SSSR count). The fourth-order valence-electron chi connectivity index (χ4n) is 3.02. The van der Waals surface area contributed by atoms with Gasteiger partial charge in [0.2, 0.25) is 10.0 Å². The van der Waals surface area contributed by atoms with Crippen molar-refractivity contribution in [2.75, 3.05) is 39.3 Å². The first-order chi connectivity index (χ1) is 13.3. The first-order valence-corrected chi connectivity index (χ1v) is 10.8. The molecule has 1 aliphatic heterocycles. The predicted molar refractivity (Wildman–Crippen MR) is 107 cm³/mol. The highest BCUT2D eigenvalue weighted by Gasteiger charge is 2.24. The maximum atomic E-state index is 12.7. The maximum absolute atomic E-state index is 12.7. The van der Waals surface area contributed by atoms with Crippen LogP contribution in [0.25, 0.3) is 0 Å². The van der Waals surface area contributed by atoms with E-state index in [1.807, 2.05) is 30.3 Å². The van der Waals surface area contributed by atoms with Crippen molar-refractivity contribution in [1.29, 1.82) is 0 Å². The standard InChI is InChI=1S/C19H22ClN3O4S/c20-17-7-6-15(14-18(17)28(21,25)26)19(24)23-10-8-22(9-11-23)12-13-27-16-4-2-1-3-5-16/h1-7,14H,8-13H2,(H2,21,25,26). The molecule has 0 saturated carbocycles. The summed E-state index contributed by atoms with van der Waals surface area (Å²) in [5.74, 6) is 0.603. The molecule has 0 bridgehead atoms. The second-order valence-corrected chi connectivity index (χ2v) is 8.42. The fraction of sp³-hybridized carbons (Fsp3) is 0.316. The van der Waals surface area contributed by atoms with E-state index < -0.39 is 10.0 Å². The van der Waals surface area contributed by atoms with Crippen molar-refractivity contribution >= 4 is 27.5 Å². The summed E-state index contributed by atoms with van der Waals surface area (Å²) in [5, 5.41) is 5.16. The van der Waals surface area contributed by atoms with Gasteiger partial charge < -0.3 is 9.64 Å². The Hall–Kier alpha value is -2.13. The number of benzene rings is 2. The van der Waals surface area contributed by atoms with E-state index in [1.165, 1.54) is 18.2 Å². The van der Waals surface area contributed by atoms with Gasteiger partial charge >= 0.3 is 0 Å². The van der Waals surface area contributed by atoms with Gasteiger partial charge in [-0.05, 0) is 30.3 Å². The summed E-state index contributed by atoms with van der Waals surface area (Å²) >= 11 is 5.88. The molecule has 0 aliphatic carbocycles. The van der Waals surface area contributed by atoms with E-state index in [9.17, 15) is 13.2 Å². The van der Waals surface area contributed by atoms with Crippen LogP contribution in [-0.4, -0.2) is 63.5 Å². The SMILES string of the molecule is NS(=O)(=O)c1cc(C(=O)N2CCN(CCOc3ccccc3)CC2)ccc1Cl. The number of halogens is 1. The Bertz CT molecular complexity index is 929. The van der Waals surface area contributed by atoms with Crippen LogP contribution in [0.15, 0.2) is 53.4 Å². The van der Waals surface area contributed by atoms with Crippen molar-refractivity contribution in [3.05, 3.63) is 59.1 Å². The van der Waals surface area contributed by atoms with Crippen LogP contribution in [0.2, 0.25) is 5.02 Å². The summed E-state index contributed by atoms with van der Waals surface area (Å²) in [6.45, 7) is 3.90. The lowest BCUT2D eigenvalue weighted by atomic mass is 10.2. The van der Waals surface area contributed by atoms with Crippen molar-refractivity contribution in [1.82, 2.24) is 9.80 Å². The van der Waals surface area contributed by atoms with E-state index in [0.29, 0.717) is 19.7 Å². The number of carbonyl (C=O) groups is 1. The lowest BCUT2D eigenvalue weighted by molar-refractivity contribution is 0.0620. The molecule has 0 radical (unpaired) electrons. The average Bonchev–Trinajstić information content (AvgIpc) is 2.68. The summed E-state index contributed by atoms with van der Waals surface area (Å²) in [6, 6.07) is 13.8. The van der Waals surface area contributed by atoms with Crippen LogP contribution in [0.4, 0.5) is 0 Å². The smallest absolute Gasteiger partial charge is 0.253 e. The van der Waals surface area contributed by atoms with Crippen molar-refractivity contribution in [3.63, 3.8) is 0 Å². The number of hydrogen-bond acceptors (Lipinski definition) is 5. The third kappa shape index (κ3) is 5.23. The van der Waals surface area contributed by atoms with Gasteiger partial charge in [0.15, 0.2) is 0 Å². The third-order valence-electron chi connectivity index (χ3n) is 4.56. The molecule has 9 heteroatoms. The largest absolute Gasteiger partial charge is 0.492 e. The molecule has 28 heavy (non-hydrogen) atoms. The number of sulfonamides is 1. The molecule has 0 aromatic heterocycles. The van der Waals surface area contributed by atoms with Crippen LogP contribution in [0, 0.1) is 0 Å². The summed E-state index contributed by atoms with van der Waals surface area (Å²) in [5.41, 5.74) is 0.259. The number of ether oxygens (including phenoxy) is 1. The van der Waals surface area contributed by atoms with E-state index in [-0.39, 0.29) is 21.4 Å². The van der Waals surface area contributed by atoms with Crippen LogP contribution in [0.5, 0.6) is 5.75 Å². The fourth-order valence-corrected chi connectivity index (χ4v) is 4.09. The number of primary sulfonamides is 1. The van der Waals surface area contributed by atoms with Gasteiger partial charge in [0.25, 0.3) is 5.91 Å². The summed E-state index contributed by atoms with van der Waals surface area (Å²) in [4.78, 5) is 16.4. The quantitative estimate of drug-likeness (QED) is 0.765. The lowest BCUT2D eigenvalue weighted by Crippen LogP contribution is -2.49. The number of amides is 1. The van der Waals surface area contributed by atoms with Crippen LogP contribution >= 0.6 is 11.6 Å². The topological polar surface area (TPSA) is 92.9 Å². The average molecular weight is 424 g/mol. The number of para-hydroxylation sites is 1. The molecule has 1 fully saturated rings. The molecule has 1 amide bonds. The molecule has 7 nitrogen and oxygen atoms in total. The summed E-state index contributed by atoms with van der Waals surface area (Å²) in [7, 11) is -3.99. The van der Waals surface area contributed by atoms with E-state index in [0.717, 1.165) is 25.4 Å². The highest BCUT2D eigenvalue weighted by Crippen LogP contribution is 2.22. The van der Waals surface area contributed by atoms with Crippen LogP contribution in [-0.2, 0) is 10.0 Å². The number of piperazine rings is 1. The van der Waals surface area contributed by atoms with E-state index in [4.69, 9.17) is 21.5 Å². The summed E-state index contributed by atoms with van der Waals surface area (Å²) in [6.07, 6.45) is 0. The minimum absolute atomic E-state index is 0.00212. The molecule has 2 N–H and O–H groups in total. The van der Waals surface area contributed by atoms with Gasteiger partial charge in [-0.2, -0.15) is 0 Å². The minimum Gasteiger partial charge on any atom is -0.492 e.